The molecule has 0 aliphatic carbocycles. The molecule has 0 radical (unpaired) electrons. The third-order valence-corrected chi connectivity index (χ3v) is 3.94. The van der Waals surface area contributed by atoms with Gasteiger partial charge >= 0.3 is 0 Å². The summed E-state index contributed by atoms with van der Waals surface area (Å²) in [6.45, 7) is 0.611. The Labute approximate surface area is 147 Å². The van der Waals surface area contributed by atoms with Crippen LogP contribution in [-0.4, -0.2) is 24.1 Å². The van der Waals surface area contributed by atoms with Crippen molar-refractivity contribution >= 4 is 23.0 Å². The zero-order valence-corrected chi connectivity index (χ0v) is 14.3. The van der Waals surface area contributed by atoms with Crippen molar-refractivity contribution in [3.05, 3.63) is 66.5 Å². The second kappa shape index (κ2) is 7.53. The summed E-state index contributed by atoms with van der Waals surface area (Å²) < 4.78 is 5.17. The second-order valence-corrected chi connectivity index (χ2v) is 5.56. The Morgan fingerprint density at radius 3 is 2.44 bits per heavy atom. The summed E-state index contributed by atoms with van der Waals surface area (Å²) in [7, 11) is 3.58. The number of aromatic nitrogens is 2. The number of anilines is 4. The predicted molar refractivity (Wildman–Crippen MR) is 101 cm³/mol. The fraction of sp³-hybridized carbons (Fsp3) is 0.158. The average Bonchev–Trinajstić information content (AvgIpc) is 2.68. The number of nitrogens with one attached hydrogen (secondary N) is 1. The predicted octanol–water partition coefficient (Wildman–Crippen LogP) is 3.45. The molecule has 0 spiro atoms. The van der Waals surface area contributed by atoms with E-state index in [0.717, 1.165) is 17.0 Å². The summed E-state index contributed by atoms with van der Waals surface area (Å²) >= 11 is 0. The van der Waals surface area contributed by atoms with E-state index in [4.69, 9.17) is 10.5 Å². The van der Waals surface area contributed by atoms with E-state index >= 15 is 0 Å². The van der Waals surface area contributed by atoms with Crippen molar-refractivity contribution in [2.24, 2.45) is 0 Å². The van der Waals surface area contributed by atoms with Gasteiger partial charge in [-0.3, -0.25) is 0 Å². The van der Waals surface area contributed by atoms with Crippen LogP contribution < -0.4 is 20.7 Å². The first-order valence-corrected chi connectivity index (χ1v) is 7.95. The van der Waals surface area contributed by atoms with Crippen LogP contribution in [0.4, 0.5) is 23.0 Å². The van der Waals surface area contributed by atoms with E-state index < -0.39 is 0 Å². The van der Waals surface area contributed by atoms with Crippen LogP contribution >= 0.6 is 0 Å². The monoisotopic (exact) mass is 335 g/mol. The second-order valence-electron chi connectivity index (χ2n) is 5.56. The number of ether oxygens (including phenoxy) is 1. The highest BCUT2D eigenvalue weighted by Gasteiger charge is 2.13. The van der Waals surface area contributed by atoms with Crippen molar-refractivity contribution in [2.75, 3.05) is 30.1 Å². The lowest BCUT2D eigenvalue weighted by molar-refractivity contribution is 0.414. The molecule has 0 saturated heterocycles. The summed E-state index contributed by atoms with van der Waals surface area (Å²) in [5.41, 5.74) is 8.91. The van der Waals surface area contributed by atoms with Crippen LogP contribution in [0.15, 0.2) is 60.9 Å². The lowest BCUT2D eigenvalue weighted by Crippen LogP contribution is -2.15. The van der Waals surface area contributed by atoms with Gasteiger partial charge in [-0.15, -0.1) is 0 Å². The molecule has 3 aromatic rings. The molecule has 1 aromatic heterocycles. The van der Waals surface area contributed by atoms with E-state index in [1.165, 1.54) is 6.33 Å². The molecule has 0 atom stereocenters. The highest BCUT2D eigenvalue weighted by atomic mass is 16.5. The Balaban J connectivity index is 1.76. The maximum Gasteiger partial charge on any atom is 0.161 e. The average molecular weight is 335 g/mol. The molecule has 6 heteroatoms. The van der Waals surface area contributed by atoms with E-state index in [1.807, 2.05) is 66.5 Å². The quantitative estimate of drug-likeness (QED) is 0.718. The third-order valence-electron chi connectivity index (χ3n) is 3.94. The molecular formula is C19H21N5O. The van der Waals surface area contributed by atoms with E-state index in [2.05, 4.69) is 15.3 Å². The van der Waals surface area contributed by atoms with Gasteiger partial charge < -0.3 is 20.7 Å². The maximum atomic E-state index is 6.28. The Kier molecular flexibility index (Phi) is 4.99. The van der Waals surface area contributed by atoms with Gasteiger partial charge in [0, 0.05) is 19.3 Å². The molecule has 6 nitrogen and oxygen atoms in total. The minimum atomic E-state index is 0.516. The number of benzene rings is 2. The van der Waals surface area contributed by atoms with Crippen LogP contribution in [0, 0.1) is 0 Å². The van der Waals surface area contributed by atoms with E-state index in [1.54, 1.807) is 7.11 Å². The number of hydrogen-bond acceptors (Lipinski definition) is 6. The van der Waals surface area contributed by atoms with Crippen LogP contribution in [0.2, 0.25) is 0 Å². The molecule has 25 heavy (non-hydrogen) atoms. The first-order chi connectivity index (χ1) is 12.2. The van der Waals surface area contributed by atoms with Gasteiger partial charge in [0.25, 0.3) is 0 Å². The number of rotatable bonds is 6. The highest BCUT2D eigenvalue weighted by Crippen LogP contribution is 2.30. The SMILES string of the molecule is COc1ccc(CNc2ncnc(N(C)c3ccccc3)c2N)cc1. The fourth-order valence-corrected chi connectivity index (χ4v) is 2.50. The summed E-state index contributed by atoms with van der Waals surface area (Å²) in [4.78, 5) is 10.5. The van der Waals surface area contributed by atoms with Crippen molar-refractivity contribution in [3.63, 3.8) is 0 Å². The van der Waals surface area contributed by atoms with Crippen molar-refractivity contribution < 1.29 is 4.74 Å². The molecule has 3 rings (SSSR count). The Bertz CT molecular complexity index is 821. The van der Waals surface area contributed by atoms with Crippen LogP contribution in [0.25, 0.3) is 0 Å². The summed E-state index contributed by atoms with van der Waals surface area (Å²) in [5.74, 6) is 2.11. The summed E-state index contributed by atoms with van der Waals surface area (Å²) in [5, 5.41) is 3.27. The van der Waals surface area contributed by atoms with Gasteiger partial charge in [0.15, 0.2) is 11.6 Å². The number of hydrogen-bond donors (Lipinski definition) is 2. The third kappa shape index (κ3) is 3.80. The molecule has 0 amide bonds. The number of para-hydroxylation sites is 1. The molecule has 0 aliphatic rings. The molecule has 1 heterocycles. The zero-order chi connectivity index (χ0) is 17.6. The first-order valence-electron chi connectivity index (χ1n) is 7.95. The van der Waals surface area contributed by atoms with Crippen molar-refractivity contribution in [3.8, 4) is 5.75 Å². The van der Waals surface area contributed by atoms with Crippen LogP contribution in [0.5, 0.6) is 5.75 Å². The lowest BCUT2D eigenvalue weighted by atomic mass is 10.2. The van der Waals surface area contributed by atoms with Crippen molar-refractivity contribution in [1.82, 2.24) is 9.97 Å². The standard InChI is InChI=1S/C19H21N5O/c1-24(15-6-4-3-5-7-15)19-17(20)18(22-13-23-19)21-12-14-8-10-16(25-2)11-9-14/h3-11,13H,12,20H2,1-2H3,(H,21,22,23). The highest BCUT2D eigenvalue weighted by molar-refractivity contribution is 5.78. The topological polar surface area (TPSA) is 76.3 Å². The van der Waals surface area contributed by atoms with Gasteiger partial charge in [-0.25, -0.2) is 9.97 Å². The molecule has 2 aromatic carbocycles. The van der Waals surface area contributed by atoms with Crippen molar-refractivity contribution in [1.29, 1.82) is 0 Å². The van der Waals surface area contributed by atoms with Gasteiger partial charge in [-0.1, -0.05) is 30.3 Å². The van der Waals surface area contributed by atoms with Gasteiger partial charge in [-0.05, 0) is 29.8 Å². The van der Waals surface area contributed by atoms with Crippen LogP contribution in [0.1, 0.15) is 5.56 Å². The normalized spacial score (nSPS) is 10.3. The molecule has 3 N–H and O–H groups in total. The Morgan fingerprint density at radius 2 is 1.76 bits per heavy atom. The zero-order valence-electron chi connectivity index (χ0n) is 14.3. The van der Waals surface area contributed by atoms with Gasteiger partial charge in [0.1, 0.15) is 17.8 Å². The molecule has 0 fully saturated rings. The first kappa shape index (κ1) is 16.6. The van der Waals surface area contributed by atoms with Gasteiger partial charge in [0.2, 0.25) is 0 Å². The van der Waals surface area contributed by atoms with Gasteiger partial charge in [0.05, 0.1) is 7.11 Å². The minimum absolute atomic E-state index is 0.516. The Hall–Kier alpha value is -3.28. The van der Waals surface area contributed by atoms with Crippen LogP contribution in [0.3, 0.4) is 0 Å². The van der Waals surface area contributed by atoms with Crippen LogP contribution in [-0.2, 0) is 6.54 Å². The van der Waals surface area contributed by atoms with Crippen molar-refractivity contribution in [2.45, 2.75) is 6.54 Å². The lowest BCUT2D eigenvalue weighted by Gasteiger charge is -2.21. The number of nitrogens with two attached hydrogens (primary N) is 1. The van der Waals surface area contributed by atoms with E-state index in [-0.39, 0.29) is 0 Å². The molecule has 0 aliphatic heterocycles. The summed E-state index contributed by atoms with van der Waals surface area (Å²) in [6.07, 6.45) is 1.52. The fourth-order valence-electron chi connectivity index (χ4n) is 2.50. The molecular weight excluding hydrogens is 314 g/mol. The minimum Gasteiger partial charge on any atom is -0.497 e. The smallest absolute Gasteiger partial charge is 0.161 e. The summed E-state index contributed by atoms with van der Waals surface area (Å²) in [6, 6.07) is 17.8. The number of methoxy groups -OCH3 is 1. The molecule has 0 unspecified atom stereocenters. The van der Waals surface area contributed by atoms with E-state index in [0.29, 0.717) is 23.9 Å². The van der Waals surface area contributed by atoms with Gasteiger partial charge in [-0.2, -0.15) is 0 Å². The maximum absolute atomic E-state index is 6.28. The number of nitrogen functional groups attached to an aromatic ring is 1. The Morgan fingerprint density at radius 1 is 1.04 bits per heavy atom. The molecule has 0 bridgehead atoms. The molecule has 0 saturated carbocycles. The number of nitrogens with zero attached hydrogens (tertiary/aromatic N) is 3. The van der Waals surface area contributed by atoms with E-state index in [9.17, 15) is 0 Å². The molecule has 128 valence electrons. The largest absolute Gasteiger partial charge is 0.497 e.